The zero-order valence-electron chi connectivity index (χ0n) is 9.81. The van der Waals surface area contributed by atoms with Gasteiger partial charge in [-0.15, -0.1) is 0 Å². The molecule has 1 aromatic heterocycles. The summed E-state index contributed by atoms with van der Waals surface area (Å²) in [5.74, 6) is 0.408. The van der Waals surface area contributed by atoms with Gasteiger partial charge in [-0.1, -0.05) is 23.7 Å². The third-order valence-corrected chi connectivity index (χ3v) is 2.89. The van der Waals surface area contributed by atoms with Gasteiger partial charge in [-0.25, -0.2) is 13.5 Å². The molecule has 19 heavy (non-hydrogen) atoms. The second kappa shape index (κ2) is 5.36. The minimum absolute atomic E-state index is 0.171. The number of carbonyl (C=O) groups is 1. The van der Waals surface area contributed by atoms with Gasteiger partial charge >= 0.3 is 0 Å². The molecule has 1 heterocycles. The van der Waals surface area contributed by atoms with Crippen LogP contribution in [0.15, 0.2) is 24.3 Å². The summed E-state index contributed by atoms with van der Waals surface area (Å²) in [5.41, 5.74) is -0.585. The second-order valence-electron chi connectivity index (χ2n) is 3.59. The first-order valence-electron chi connectivity index (χ1n) is 5.25. The average Bonchev–Trinajstić information content (AvgIpc) is 2.75. The Morgan fingerprint density at radius 1 is 1.42 bits per heavy atom. The molecule has 0 aliphatic heterocycles. The standard InChI is InChI=1S/C12H9ClF2N2O2/c1-19-9-5-3-2-4-8(9)17-11(13)7(6-18)10(16-17)12(14)15/h2-6,12H,1H3. The van der Waals surface area contributed by atoms with Gasteiger partial charge in [0.1, 0.15) is 22.3 Å². The highest BCUT2D eigenvalue weighted by Crippen LogP contribution is 2.31. The molecular weight excluding hydrogens is 278 g/mol. The molecule has 0 unspecified atom stereocenters. The summed E-state index contributed by atoms with van der Waals surface area (Å²) >= 11 is 5.92. The summed E-state index contributed by atoms with van der Waals surface area (Å²) in [7, 11) is 1.44. The highest BCUT2D eigenvalue weighted by molar-refractivity contribution is 6.32. The zero-order valence-corrected chi connectivity index (χ0v) is 10.6. The van der Waals surface area contributed by atoms with E-state index in [0.717, 1.165) is 4.68 Å². The minimum atomic E-state index is -2.88. The van der Waals surface area contributed by atoms with Crippen LogP contribution < -0.4 is 4.74 Å². The van der Waals surface area contributed by atoms with E-state index in [1.165, 1.54) is 7.11 Å². The highest BCUT2D eigenvalue weighted by atomic mass is 35.5. The maximum absolute atomic E-state index is 12.8. The Morgan fingerprint density at radius 3 is 2.63 bits per heavy atom. The third-order valence-electron chi connectivity index (χ3n) is 2.53. The number of carbonyl (C=O) groups excluding carboxylic acids is 1. The molecule has 0 atom stereocenters. The SMILES string of the molecule is COc1ccccc1-n1nc(C(F)F)c(C=O)c1Cl. The highest BCUT2D eigenvalue weighted by Gasteiger charge is 2.24. The van der Waals surface area contributed by atoms with E-state index in [1.54, 1.807) is 24.3 Å². The van der Waals surface area contributed by atoms with Crippen molar-refractivity contribution in [1.82, 2.24) is 9.78 Å². The third kappa shape index (κ3) is 2.31. The van der Waals surface area contributed by atoms with Crippen LogP contribution in [0.25, 0.3) is 5.69 Å². The first-order chi connectivity index (χ1) is 9.10. The van der Waals surface area contributed by atoms with Crippen molar-refractivity contribution >= 4 is 17.9 Å². The maximum Gasteiger partial charge on any atom is 0.282 e. The van der Waals surface area contributed by atoms with E-state index < -0.39 is 12.1 Å². The predicted molar refractivity (Wildman–Crippen MR) is 65.5 cm³/mol. The Balaban J connectivity index is 2.66. The number of benzene rings is 1. The zero-order chi connectivity index (χ0) is 14.0. The van der Waals surface area contributed by atoms with Crippen LogP contribution in [0.2, 0.25) is 5.15 Å². The van der Waals surface area contributed by atoms with Crippen molar-refractivity contribution in [1.29, 1.82) is 0 Å². The van der Waals surface area contributed by atoms with Gasteiger partial charge in [0.15, 0.2) is 6.29 Å². The van der Waals surface area contributed by atoms with E-state index in [1.807, 2.05) is 0 Å². The molecule has 0 aliphatic carbocycles. The van der Waals surface area contributed by atoms with E-state index in [9.17, 15) is 13.6 Å². The monoisotopic (exact) mass is 286 g/mol. The molecule has 0 amide bonds. The van der Waals surface area contributed by atoms with Gasteiger partial charge in [0.25, 0.3) is 6.43 Å². The molecule has 100 valence electrons. The molecule has 0 radical (unpaired) electrons. The van der Waals surface area contributed by atoms with Crippen molar-refractivity contribution in [3.8, 4) is 11.4 Å². The normalized spacial score (nSPS) is 10.8. The first kappa shape index (κ1) is 13.5. The van der Waals surface area contributed by atoms with Crippen LogP contribution in [0.3, 0.4) is 0 Å². The molecule has 0 aliphatic rings. The average molecular weight is 287 g/mol. The van der Waals surface area contributed by atoms with Crippen molar-refractivity contribution in [3.05, 3.63) is 40.7 Å². The van der Waals surface area contributed by atoms with E-state index in [2.05, 4.69) is 5.10 Å². The molecule has 7 heteroatoms. The fourth-order valence-corrected chi connectivity index (χ4v) is 1.93. The molecule has 0 fully saturated rings. The lowest BCUT2D eigenvalue weighted by Gasteiger charge is -2.08. The topological polar surface area (TPSA) is 44.1 Å². The molecule has 1 aromatic carbocycles. The minimum Gasteiger partial charge on any atom is -0.494 e. The van der Waals surface area contributed by atoms with Crippen molar-refractivity contribution in [2.24, 2.45) is 0 Å². The van der Waals surface area contributed by atoms with Gasteiger partial charge < -0.3 is 4.74 Å². The van der Waals surface area contributed by atoms with Crippen molar-refractivity contribution in [2.45, 2.75) is 6.43 Å². The number of ether oxygens (including phenoxy) is 1. The Bertz CT molecular complexity index is 614. The largest absolute Gasteiger partial charge is 0.494 e. The Morgan fingerprint density at radius 2 is 2.11 bits per heavy atom. The van der Waals surface area contributed by atoms with Crippen LogP contribution in [-0.4, -0.2) is 23.2 Å². The number of para-hydroxylation sites is 2. The van der Waals surface area contributed by atoms with Crippen molar-refractivity contribution < 1.29 is 18.3 Å². The fraction of sp³-hybridized carbons (Fsp3) is 0.167. The lowest BCUT2D eigenvalue weighted by atomic mass is 10.2. The van der Waals surface area contributed by atoms with Gasteiger partial charge in [0.2, 0.25) is 0 Å². The van der Waals surface area contributed by atoms with E-state index in [-0.39, 0.29) is 17.0 Å². The molecule has 4 nitrogen and oxygen atoms in total. The number of hydrogen-bond donors (Lipinski definition) is 0. The number of methoxy groups -OCH3 is 1. The Kier molecular flexibility index (Phi) is 3.80. The number of hydrogen-bond acceptors (Lipinski definition) is 3. The summed E-state index contributed by atoms with van der Waals surface area (Å²) in [4.78, 5) is 10.8. The summed E-state index contributed by atoms with van der Waals surface area (Å²) in [6.07, 6.45) is -2.61. The van der Waals surface area contributed by atoms with Gasteiger partial charge in [-0.05, 0) is 12.1 Å². The number of nitrogens with zero attached hydrogens (tertiary/aromatic N) is 2. The van der Waals surface area contributed by atoms with Gasteiger partial charge in [0, 0.05) is 0 Å². The number of rotatable bonds is 4. The fourth-order valence-electron chi connectivity index (χ4n) is 1.66. The number of halogens is 3. The first-order valence-corrected chi connectivity index (χ1v) is 5.63. The Labute approximate surface area is 112 Å². The van der Waals surface area contributed by atoms with Crippen LogP contribution in [0.1, 0.15) is 22.5 Å². The van der Waals surface area contributed by atoms with Crippen LogP contribution in [-0.2, 0) is 0 Å². The summed E-state index contributed by atoms with van der Waals surface area (Å²) in [5, 5.41) is 3.51. The lowest BCUT2D eigenvalue weighted by molar-refractivity contribution is 0.110. The van der Waals surface area contributed by atoms with E-state index in [4.69, 9.17) is 16.3 Å². The summed E-state index contributed by atoms with van der Waals surface area (Å²) in [6.45, 7) is 0. The molecule has 0 spiro atoms. The number of aromatic nitrogens is 2. The van der Waals surface area contributed by atoms with Gasteiger partial charge in [-0.2, -0.15) is 5.10 Å². The quantitative estimate of drug-likeness (QED) is 0.810. The Hall–Kier alpha value is -1.95. The lowest BCUT2D eigenvalue weighted by Crippen LogP contribution is -2.00. The number of alkyl halides is 2. The van der Waals surface area contributed by atoms with Crippen LogP contribution >= 0.6 is 11.6 Å². The smallest absolute Gasteiger partial charge is 0.282 e. The second-order valence-corrected chi connectivity index (χ2v) is 3.95. The van der Waals surface area contributed by atoms with E-state index in [0.29, 0.717) is 11.4 Å². The molecule has 2 aromatic rings. The molecule has 0 saturated carbocycles. The van der Waals surface area contributed by atoms with Gasteiger partial charge in [0.05, 0.1) is 12.7 Å². The van der Waals surface area contributed by atoms with E-state index >= 15 is 0 Å². The van der Waals surface area contributed by atoms with Crippen molar-refractivity contribution in [2.75, 3.05) is 7.11 Å². The number of aldehydes is 1. The maximum atomic E-state index is 12.8. The molecule has 0 N–H and O–H groups in total. The molecule has 0 saturated heterocycles. The predicted octanol–water partition coefficient (Wildman–Crippen LogP) is 3.28. The molecular formula is C12H9ClF2N2O2. The molecule has 2 rings (SSSR count). The van der Waals surface area contributed by atoms with Crippen LogP contribution in [0, 0.1) is 0 Å². The molecule has 0 bridgehead atoms. The van der Waals surface area contributed by atoms with Crippen LogP contribution in [0.5, 0.6) is 5.75 Å². The summed E-state index contributed by atoms with van der Waals surface area (Å²) < 4.78 is 31.7. The van der Waals surface area contributed by atoms with Gasteiger partial charge in [-0.3, -0.25) is 4.79 Å². The van der Waals surface area contributed by atoms with Crippen molar-refractivity contribution in [3.63, 3.8) is 0 Å². The summed E-state index contributed by atoms with van der Waals surface area (Å²) in [6, 6.07) is 6.63. The van der Waals surface area contributed by atoms with Crippen LogP contribution in [0.4, 0.5) is 8.78 Å².